The predicted octanol–water partition coefficient (Wildman–Crippen LogP) is 2.19. The minimum absolute atomic E-state index is 0.0469. The highest BCUT2D eigenvalue weighted by Gasteiger charge is 2.43. The van der Waals surface area contributed by atoms with Crippen LogP contribution < -0.4 is 4.90 Å². The number of amides is 1. The molecule has 2 heterocycles. The lowest BCUT2D eigenvalue weighted by molar-refractivity contribution is -0.137. The van der Waals surface area contributed by atoms with Gasteiger partial charge in [-0.05, 0) is 24.6 Å². The molecule has 0 N–H and O–H groups in total. The summed E-state index contributed by atoms with van der Waals surface area (Å²) in [4.78, 5) is 32.7. The number of thioether (sulfide) groups is 1. The smallest absolute Gasteiger partial charge is 0.338 e. The van der Waals surface area contributed by atoms with Gasteiger partial charge in [0.2, 0.25) is 5.91 Å². The Labute approximate surface area is 145 Å². The fraction of sp³-hybridized carbons (Fsp3) is 0.353. The van der Waals surface area contributed by atoms with Gasteiger partial charge in [0, 0.05) is 19.8 Å². The highest BCUT2D eigenvalue weighted by Crippen LogP contribution is 2.41. The van der Waals surface area contributed by atoms with Crippen molar-refractivity contribution in [2.75, 3.05) is 31.9 Å². The fourth-order valence-electron chi connectivity index (χ4n) is 2.88. The Kier molecular flexibility index (Phi) is 4.36. The van der Waals surface area contributed by atoms with E-state index in [0.717, 1.165) is 11.3 Å². The normalized spacial score (nSPS) is 20.0. The van der Waals surface area contributed by atoms with E-state index in [0.29, 0.717) is 22.2 Å². The van der Waals surface area contributed by atoms with Gasteiger partial charge in [-0.3, -0.25) is 9.69 Å². The maximum absolute atomic E-state index is 12.4. The van der Waals surface area contributed by atoms with E-state index in [4.69, 9.17) is 4.74 Å². The zero-order valence-corrected chi connectivity index (χ0v) is 14.9. The van der Waals surface area contributed by atoms with Gasteiger partial charge in [-0.2, -0.15) is 0 Å². The lowest BCUT2D eigenvalue weighted by Gasteiger charge is -2.32. The summed E-state index contributed by atoms with van der Waals surface area (Å²) in [7, 11) is 5.27. The van der Waals surface area contributed by atoms with E-state index in [1.54, 1.807) is 11.8 Å². The molecular weight excluding hydrogens is 326 g/mol. The number of anilines is 1. The summed E-state index contributed by atoms with van der Waals surface area (Å²) in [6.45, 7) is 1.78. The van der Waals surface area contributed by atoms with Gasteiger partial charge in [-0.15, -0.1) is 0 Å². The van der Waals surface area contributed by atoms with Crippen LogP contribution in [-0.4, -0.2) is 48.9 Å². The van der Waals surface area contributed by atoms with E-state index < -0.39 is 12.0 Å². The fourth-order valence-corrected chi connectivity index (χ4v) is 3.82. The molecule has 2 aliphatic rings. The van der Waals surface area contributed by atoms with Crippen LogP contribution >= 0.6 is 11.8 Å². The first-order chi connectivity index (χ1) is 11.4. The molecule has 3 rings (SSSR count). The van der Waals surface area contributed by atoms with Crippen molar-refractivity contribution in [2.45, 2.75) is 13.0 Å². The Morgan fingerprint density at radius 2 is 2.00 bits per heavy atom. The standard InChI is InChI=1S/C17H19N3O3S/c1-10-14(16(22)23-4)15(20-13(21)9-24-17(20)18-10)11-5-7-12(8-6-11)19(2)3/h5-8,15H,9H2,1-4H3. The van der Waals surface area contributed by atoms with Gasteiger partial charge in [0.05, 0.1) is 30.2 Å². The number of benzene rings is 1. The number of carbonyl (C=O) groups excluding carboxylic acids is 2. The number of hydrogen-bond acceptors (Lipinski definition) is 6. The summed E-state index contributed by atoms with van der Waals surface area (Å²) in [5, 5.41) is 0.645. The van der Waals surface area contributed by atoms with Gasteiger partial charge in [0.1, 0.15) is 0 Å². The number of fused-ring (bicyclic) bond motifs is 1. The second-order valence-corrected chi connectivity index (χ2v) is 6.77. The largest absolute Gasteiger partial charge is 0.466 e. The number of rotatable bonds is 3. The van der Waals surface area contributed by atoms with Crippen LogP contribution in [0.15, 0.2) is 40.5 Å². The second kappa shape index (κ2) is 6.32. The highest BCUT2D eigenvalue weighted by atomic mass is 32.2. The third-order valence-electron chi connectivity index (χ3n) is 4.11. The molecule has 1 saturated heterocycles. The Morgan fingerprint density at radius 1 is 1.33 bits per heavy atom. The zero-order chi connectivity index (χ0) is 17.4. The van der Waals surface area contributed by atoms with Crippen molar-refractivity contribution in [3.8, 4) is 0 Å². The van der Waals surface area contributed by atoms with Crippen LogP contribution in [0.5, 0.6) is 0 Å². The van der Waals surface area contributed by atoms with Crippen LogP contribution in [-0.2, 0) is 14.3 Å². The van der Waals surface area contributed by atoms with Crippen molar-refractivity contribution in [1.29, 1.82) is 0 Å². The number of esters is 1. The van der Waals surface area contributed by atoms with Crippen molar-refractivity contribution < 1.29 is 14.3 Å². The molecule has 0 radical (unpaired) electrons. The van der Waals surface area contributed by atoms with Gasteiger partial charge in [0.25, 0.3) is 0 Å². The third kappa shape index (κ3) is 2.69. The average Bonchev–Trinajstić information content (AvgIpc) is 2.93. The molecule has 1 aromatic rings. The van der Waals surface area contributed by atoms with E-state index in [9.17, 15) is 9.59 Å². The molecule has 7 heteroatoms. The molecule has 6 nitrogen and oxygen atoms in total. The molecule has 0 aromatic heterocycles. The molecule has 1 fully saturated rings. The molecule has 1 atom stereocenters. The summed E-state index contributed by atoms with van der Waals surface area (Å²) in [6.07, 6.45) is 0. The topological polar surface area (TPSA) is 62.2 Å². The van der Waals surface area contributed by atoms with Crippen molar-refractivity contribution in [1.82, 2.24) is 4.90 Å². The van der Waals surface area contributed by atoms with Crippen LogP contribution in [0.2, 0.25) is 0 Å². The molecule has 2 aliphatic heterocycles. The van der Waals surface area contributed by atoms with Gasteiger partial charge < -0.3 is 9.64 Å². The highest BCUT2D eigenvalue weighted by molar-refractivity contribution is 8.15. The maximum atomic E-state index is 12.4. The molecule has 0 spiro atoms. The van der Waals surface area contributed by atoms with E-state index in [1.807, 2.05) is 43.3 Å². The van der Waals surface area contributed by atoms with Crippen molar-refractivity contribution >= 4 is 34.5 Å². The minimum atomic E-state index is -0.497. The summed E-state index contributed by atoms with van der Waals surface area (Å²) >= 11 is 1.40. The molecule has 0 aliphatic carbocycles. The van der Waals surface area contributed by atoms with Gasteiger partial charge in [0.15, 0.2) is 5.17 Å². The molecule has 1 aromatic carbocycles. The monoisotopic (exact) mass is 345 g/mol. The number of hydrogen-bond donors (Lipinski definition) is 0. The second-order valence-electron chi connectivity index (χ2n) is 5.83. The lowest BCUT2D eigenvalue weighted by atomic mass is 9.94. The number of nitrogens with zero attached hydrogens (tertiary/aromatic N) is 3. The van der Waals surface area contributed by atoms with Crippen LogP contribution in [0.4, 0.5) is 5.69 Å². The minimum Gasteiger partial charge on any atom is -0.466 e. The molecule has 0 saturated carbocycles. The van der Waals surface area contributed by atoms with Crippen molar-refractivity contribution in [2.24, 2.45) is 4.99 Å². The summed E-state index contributed by atoms with van der Waals surface area (Å²) in [5.41, 5.74) is 2.92. The quantitative estimate of drug-likeness (QED) is 0.786. The maximum Gasteiger partial charge on any atom is 0.338 e. The molecular formula is C17H19N3O3S. The molecule has 1 amide bonds. The number of amidine groups is 1. The first-order valence-electron chi connectivity index (χ1n) is 7.54. The summed E-state index contributed by atoms with van der Waals surface area (Å²) < 4.78 is 4.94. The van der Waals surface area contributed by atoms with Crippen molar-refractivity contribution in [3.63, 3.8) is 0 Å². The first kappa shape index (κ1) is 16.6. The summed E-state index contributed by atoms with van der Waals surface area (Å²) in [5.74, 6) is -0.164. The molecule has 0 bridgehead atoms. The number of aliphatic imine (C=N–C) groups is 1. The first-order valence-corrected chi connectivity index (χ1v) is 8.52. The van der Waals surface area contributed by atoms with Crippen LogP contribution in [0.3, 0.4) is 0 Å². The zero-order valence-electron chi connectivity index (χ0n) is 14.1. The van der Waals surface area contributed by atoms with Crippen molar-refractivity contribution in [3.05, 3.63) is 41.1 Å². The Morgan fingerprint density at radius 3 is 2.58 bits per heavy atom. The average molecular weight is 345 g/mol. The molecule has 1 unspecified atom stereocenters. The van der Waals surface area contributed by atoms with Gasteiger partial charge >= 0.3 is 5.97 Å². The van der Waals surface area contributed by atoms with Crippen LogP contribution in [0.1, 0.15) is 18.5 Å². The Balaban J connectivity index is 2.11. The van der Waals surface area contributed by atoms with E-state index in [-0.39, 0.29) is 5.91 Å². The molecule has 126 valence electrons. The number of ether oxygens (including phenoxy) is 1. The Hall–Kier alpha value is -2.28. The SMILES string of the molecule is COC(=O)C1=C(C)N=C2SCC(=O)N2C1c1ccc(N(C)C)cc1. The van der Waals surface area contributed by atoms with E-state index >= 15 is 0 Å². The predicted molar refractivity (Wildman–Crippen MR) is 95.0 cm³/mol. The van der Waals surface area contributed by atoms with E-state index in [1.165, 1.54) is 18.9 Å². The molecule has 24 heavy (non-hydrogen) atoms. The van der Waals surface area contributed by atoms with Crippen LogP contribution in [0, 0.1) is 0 Å². The number of carbonyl (C=O) groups is 2. The Bertz CT molecular complexity index is 753. The van der Waals surface area contributed by atoms with E-state index in [2.05, 4.69) is 4.99 Å². The van der Waals surface area contributed by atoms with Gasteiger partial charge in [-0.1, -0.05) is 23.9 Å². The van der Waals surface area contributed by atoms with Crippen LogP contribution in [0.25, 0.3) is 0 Å². The lowest BCUT2D eigenvalue weighted by Crippen LogP contribution is -2.39. The number of allylic oxidation sites excluding steroid dienone is 1. The van der Waals surface area contributed by atoms with Gasteiger partial charge in [-0.25, -0.2) is 9.79 Å². The number of methoxy groups -OCH3 is 1. The third-order valence-corrected chi connectivity index (χ3v) is 5.05. The summed E-state index contributed by atoms with van der Waals surface area (Å²) in [6, 6.07) is 7.33.